The Hall–Kier alpha value is -3.90. The first kappa shape index (κ1) is 20.0. The summed E-state index contributed by atoms with van der Waals surface area (Å²) in [6.45, 7) is 2.10. The molecule has 0 radical (unpaired) electrons. The Bertz CT molecular complexity index is 1340. The summed E-state index contributed by atoms with van der Waals surface area (Å²) in [7, 11) is 0. The van der Waals surface area contributed by atoms with Crippen molar-refractivity contribution in [3.8, 4) is 33.1 Å². The summed E-state index contributed by atoms with van der Waals surface area (Å²) in [5.74, 6) is 0.367. The fraction of sp³-hybridized carbons (Fsp3) is 0.0385. The van der Waals surface area contributed by atoms with Crippen molar-refractivity contribution >= 4 is 22.8 Å². The normalized spacial score (nSPS) is 10.8. The number of halogens is 1. The minimum Gasteiger partial charge on any atom is -0.339 e. The number of anilines is 2. The molecule has 3 aromatic carbocycles. The molecule has 4 nitrogen and oxygen atoms in total. The minimum absolute atomic E-state index is 0.271. The van der Waals surface area contributed by atoms with E-state index in [2.05, 4.69) is 40.0 Å². The van der Waals surface area contributed by atoms with E-state index < -0.39 is 0 Å². The molecule has 5 aromatic rings. The van der Waals surface area contributed by atoms with Gasteiger partial charge in [0.25, 0.3) is 0 Å². The first-order chi connectivity index (χ1) is 15.7. The van der Waals surface area contributed by atoms with Gasteiger partial charge in [-0.15, -0.1) is 21.5 Å². The van der Waals surface area contributed by atoms with Crippen molar-refractivity contribution in [3.05, 3.63) is 102 Å². The Morgan fingerprint density at radius 3 is 2.19 bits per heavy atom. The number of benzene rings is 3. The molecule has 2 heterocycles. The van der Waals surface area contributed by atoms with E-state index in [0.717, 1.165) is 27.5 Å². The van der Waals surface area contributed by atoms with Crippen LogP contribution in [0, 0.1) is 12.7 Å². The number of hydrogen-bond donors (Lipinski definition) is 1. The van der Waals surface area contributed by atoms with Crippen molar-refractivity contribution in [2.24, 2.45) is 0 Å². The first-order valence-electron chi connectivity index (χ1n) is 10.1. The van der Waals surface area contributed by atoms with Gasteiger partial charge in [0.05, 0.1) is 11.4 Å². The third-order valence-electron chi connectivity index (χ3n) is 5.14. The summed E-state index contributed by atoms with van der Waals surface area (Å²) in [5, 5.41) is 14.8. The number of nitrogens with zero attached hydrogens (tertiary/aromatic N) is 3. The molecule has 5 rings (SSSR count). The van der Waals surface area contributed by atoms with Crippen LogP contribution in [0.5, 0.6) is 0 Å². The van der Waals surface area contributed by atoms with Gasteiger partial charge in [0.2, 0.25) is 0 Å². The number of aromatic nitrogens is 3. The van der Waals surface area contributed by atoms with Crippen molar-refractivity contribution in [1.82, 2.24) is 15.2 Å². The molecular formula is C26H19FN4S. The Kier molecular flexibility index (Phi) is 5.44. The van der Waals surface area contributed by atoms with Crippen molar-refractivity contribution < 1.29 is 4.39 Å². The van der Waals surface area contributed by atoms with Gasteiger partial charge in [0, 0.05) is 27.8 Å². The number of thiazole rings is 1. The first-order valence-corrected chi connectivity index (χ1v) is 11.0. The third-order valence-corrected chi connectivity index (χ3v) is 6.01. The molecular weight excluding hydrogens is 419 g/mol. The molecule has 0 unspecified atom stereocenters. The van der Waals surface area contributed by atoms with E-state index >= 15 is 0 Å². The van der Waals surface area contributed by atoms with Crippen LogP contribution >= 0.6 is 11.3 Å². The second kappa shape index (κ2) is 8.69. The maximum absolute atomic E-state index is 13.1. The van der Waals surface area contributed by atoms with E-state index in [-0.39, 0.29) is 5.82 Å². The van der Waals surface area contributed by atoms with Crippen molar-refractivity contribution in [2.75, 3.05) is 5.32 Å². The maximum atomic E-state index is 13.1. The third kappa shape index (κ3) is 4.26. The quantitative estimate of drug-likeness (QED) is 0.317. The second-order valence-corrected chi connectivity index (χ2v) is 8.22. The van der Waals surface area contributed by atoms with Crippen LogP contribution < -0.4 is 5.32 Å². The highest BCUT2D eigenvalue weighted by atomic mass is 32.1. The zero-order valence-corrected chi connectivity index (χ0v) is 18.1. The van der Waals surface area contributed by atoms with Crippen LogP contribution in [0.25, 0.3) is 33.1 Å². The molecule has 0 saturated heterocycles. The van der Waals surface area contributed by atoms with Gasteiger partial charge in [-0.05, 0) is 61.0 Å². The molecule has 0 fully saturated rings. The van der Waals surface area contributed by atoms with E-state index in [1.807, 2.05) is 48.5 Å². The van der Waals surface area contributed by atoms with Gasteiger partial charge in [0.1, 0.15) is 10.8 Å². The van der Waals surface area contributed by atoms with Crippen LogP contribution in [-0.4, -0.2) is 15.2 Å². The zero-order chi connectivity index (χ0) is 21.9. The topological polar surface area (TPSA) is 50.7 Å². The van der Waals surface area contributed by atoms with Crippen LogP contribution in [0.1, 0.15) is 5.56 Å². The lowest BCUT2D eigenvalue weighted by Crippen LogP contribution is -1.96. The molecule has 0 atom stereocenters. The molecule has 0 aliphatic carbocycles. The Morgan fingerprint density at radius 1 is 0.750 bits per heavy atom. The second-order valence-electron chi connectivity index (χ2n) is 7.37. The fourth-order valence-electron chi connectivity index (χ4n) is 3.39. The SMILES string of the molecule is Cc1ccccc1-c1nc(-c2ccc(Nc3ccc(-c4ccc(F)cc4)nn3)cc2)cs1. The van der Waals surface area contributed by atoms with E-state index in [1.165, 1.54) is 23.3 Å². The van der Waals surface area contributed by atoms with Crippen LogP contribution in [0.15, 0.2) is 90.3 Å². The lowest BCUT2D eigenvalue weighted by atomic mass is 10.1. The molecule has 0 spiro atoms. The highest BCUT2D eigenvalue weighted by molar-refractivity contribution is 7.13. The number of aryl methyl sites for hydroxylation is 1. The van der Waals surface area contributed by atoms with Gasteiger partial charge in [-0.25, -0.2) is 9.37 Å². The van der Waals surface area contributed by atoms with Gasteiger partial charge < -0.3 is 5.32 Å². The molecule has 6 heteroatoms. The average molecular weight is 439 g/mol. The van der Waals surface area contributed by atoms with E-state index in [0.29, 0.717) is 11.5 Å². The molecule has 0 bridgehead atoms. The van der Waals surface area contributed by atoms with Gasteiger partial charge in [-0.1, -0.05) is 36.4 Å². The minimum atomic E-state index is -0.271. The van der Waals surface area contributed by atoms with E-state index in [9.17, 15) is 4.39 Å². The highest BCUT2D eigenvalue weighted by Crippen LogP contribution is 2.31. The standard InChI is InChI=1S/C26H19FN4S/c1-17-4-2-3-5-22(17)26-29-24(16-32-26)19-8-12-21(13-9-19)28-25-15-14-23(30-31-25)18-6-10-20(27)11-7-18/h2-16H,1H3,(H,28,31). The van der Waals surface area contributed by atoms with Gasteiger partial charge in [-0.3, -0.25) is 0 Å². The Balaban J connectivity index is 1.29. The largest absolute Gasteiger partial charge is 0.339 e. The molecule has 0 amide bonds. The van der Waals surface area contributed by atoms with Crippen LogP contribution in [0.4, 0.5) is 15.9 Å². The summed E-state index contributed by atoms with van der Waals surface area (Å²) in [5.41, 5.74) is 6.84. The molecule has 32 heavy (non-hydrogen) atoms. The summed E-state index contributed by atoms with van der Waals surface area (Å²) >= 11 is 1.65. The fourth-order valence-corrected chi connectivity index (χ4v) is 4.31. The highest BCUT2D eigenvalue weighted by Gasteiger charge is 2.09. The molecule has 1 N–H and O–H groups in total. The average Bonchev–Trinajstić information content (AvgIpc) is 3.31. The number of nitrogens with one attached hydrogen (secondary N) is 1. The predicted octanol–water partition coefficient (Wildman–Crippen LogP) is 7.13. The van der Waals surface area contributed by atoms with Gasteiger partial charge in [0.15, 0.2) is 5.82 Å². The van der Waals surface area contributed by atoms with Crippen LogP contribution in [0.2, 0.25) is 0 Å². The molecule has 0 saturated carbocycles. The van der Waals surface area contributed by atoms with Crippen molar-refractivity contribution in [1.29, 1.82) is 0 Å². The summed E-state index contributed by atoms with van der Waals surface area (Å²) in [6.07, 6.45) is 0. The van der Waals surface area contributed by atoms with Crippen molar-refractivity contribution in [2.45, 2.75) is 6.92 Å². The van der Waals surface area contributed by atoms with Crippen LogP contribution in [0.3, 0.4) is 0 Å². The maximum Gasteiger partial charge on any atom is 0.153 e. The number of rotatable bonds is 5. The summed E-state index contributed by atoms with van der Waals surface area (Å²) < 4.78 is 13.1. The van der Waals surface area contributed by atoms with Crippen molar-refractivity contribution in [3.63, 3.8) is 0 Å². The lowest BCUT2D eigenvalue weighted by Gasteiger charge is -2.07. The smallest absolute Gasteiger partial charge is 0.153 e. The zero-order valence-electron chi connectivity index (χ0n) is 17.3. The number of hydrogen-bond acceptors (Lipinski definition) is 5. The molecule has 0 aliphatic heterocycles. The van der Waals surface area contributed by atoms with E-state index in [4.69, 9.17) is 4.98 Å². The lowest BCUT2D eigenvalue weighted by molar-refractivity contribution is 0.628. The van der Waals surface area contributed by atoms with Gasteiger partial charge >= 0.3 is 0 Å². The van der Waals surface area contributed by atoms with Crippen LogP contribution in [-0.2, 0) is 0 Å². The monoisotopic (exact) mass is 438 g/mol. The Labute approximate surface area is 189 Å². The Morgan fingerprint density at radius 2 is 1.47 bits per heavy atom. The molecule has 2 aromatic heterocycles. The predicted molar refractivity (Wildman–Crippen MR) is 128 cm³/mol. The molecule has 156 valence electrons. The molecule has 0 aliphatic rings. The van der Waals surface area contributed by atoms with E-state index in [1.54, 1.807) is 23.5 Å². The van der Waals surface area contributed by atoms with Gasteiger partial charge in [-0.2, -0.15) is 0 Å². The summed E-state index contributed by atoms with van der Waals surface area (Å²) in [6, 6.07) is 26.3. The summed E-state index contributed by atoms with van der Waals surface area (Å²) in [4.78, 5) is 4.82.